The maximum absolute atomic E-state index is 12.4. The van der Waals surface area contributed by atoms with E-state index in [-0.39, 0.29) is 6.42 Å². The maximum Gasteiger partial charge on any atom is 0.328 e. The third-order valence-corrected chi connectivity index (χ3v) is 3.99. The lowest BCUT2D eigenvalue weighted by atomic mass is 9.82. The first-order chi connectivity index (χ1) is 9.71. The molecule has 2 atom stereocenters. The van der Waals surface area contributed by atoms with Crippen molar-refractivity contribution < 1.29 is 28.7 Å². The Balaban J connectivity index is 3.01. The standard InChI is InChI=1S/C14H21NO6/c1-6-14(2,3)10(16)11(17)15-8(12(18)20-4)7-9(15)13(19)21-5/h8-9H,6-7H2,1-5H3/t8-,9-/m1/s1. The molecule has 0 N–H and O–H groups in total. The second-order valence-electron chi connectivity index (χ2n) is 5.59. The fraction of sp³-hybridized carbons (Fsp3) is 0.714. The number of likely N-dealkylation sites (tertiary alicyclic amines) is 1. The quantitative estimate of drug-likeness (QED) is 0.536. The van der Waals surface area contributed by atoms with E-state index in [0.717, 1.165) is 4.90 Å². The molecule has 0 aromatic carbocycles. The number of hydrogen-bond acceptors (Lipinski definition) is 6. The van der Waals surface area contributed by atoms with E-state index in [1.165, 1.54) is 14.2 Å². The van der Waals surface area contributed by atoms with Crippen molar-refractivity contribution in [3.63, 3.8) is 0 Å². The largest absolute Gasteiger partial charge is 0.467 e. The summed E-state index contributed by atoms with van der Waals surface area (Å²) in [5.74, 6) is -2.78. The van der Waals surface area contributed by atoms with Crippen molar-refractivity contribution in [2.75, 3.05) is 14.2 Å². The predicted molar refractivity (Wildman–Crippen MR) is 72.2 cm³/mol. The van der Waals surface area contributed by atoms with Crippen LogP contribution in [0.25, 0.3) is 0 Å². The summed E-state index contributed by atoms with van der Waals surface area (Å²) >= 11 is 0. The Hall–Kier alpha value is -1.92. The molecule has 1 fully saturated rings. The number of esters is 2. The minimum Gasteiger partial charge on any atom is -0.467 e. The molecule has 0 aromatic rings. The van der Waals surface area contributed by atoms with Gasteiger partial charge < -0.3 is 14.4 Å². The van der Waals surface area contributed by atoms with E-state index in [2.05, 4.69) is 9.47 Å². The number of ketones is 1. The maximum atomic E-state index is 12.4. The fourth-order valence-electron chi connectivity index (χ4n) is 2.06. The third-order valence-electron chi connectivity index (χ3n) is 3.99. The van der Waals surface area contributed by atoms with Gasteiger partial charge in [-0.2, -0.15) is 0 Å². The van der Waals surface area contributed by atoms with Crippen LogP contribution in [0.3, 0.4) is 0 Å². The molecular weight excluding hydrogens is 278 g/mol. The Morgan fingerprint density at radius 1 is 1.05 bits per heavy atom. The Bertz CT molecular complexity index is 448. The van der Waals surface area contributed by atoms with Crippen LogP contribution >= 0.6 is 0 Å². The number of amides is 1. The average molecular weight is 299 g/mol. The van der Waals surface area contributed by atoms with Gasteiger partial charge in [-0.3, -0.25) is 9.59 Å². The molecule has 1 aliphatic rings. The van der Waals surface area contributed by atoms with Gasteiger partial charge >= 0.3 is 11.9 Å². The molecule has 7 nitrogen and oxygen atoms in total. The number of carbonyl (C=O) groups is 4. The van der Waals surface area contributed by atoms with Gasteiger partial charge in [0.1, 0.15) is 12.1 Å². The van der Waals surface area contributed by atoms with E-state index in [9.17, 15) is 19.2 Å². The highest BCUT2D eigenvalue weighted by Crippen LogP contribution is 2.31. The van der Waals surface area contributed by atoms with Crippen LogP contribution in [0.4, 0.5) is 0 Å². The fourth-order valence-corrected chi connectivity index (χ4v) is 2.06. The zero-order valence-corrected chi connectivity index (χ0v) is 13.0. The molecule has 0 radical (unpaired) electrons. The van der Waals surface area contributed by atoms with Gasteiger partial charge in [-0.15, -0.1) is 0 Å². The molecule has 0 saturated carbocycles. The van der Waals surface area contributed by atoms with Crippen LogP contribution in [0.15, 0.2) is 0 Å². The van der Waals surface area contributed by atoms with Gasteiger partial charge in [-0.25, -0.2) is 9.59 Å². The number of methoxy groups -OCH3 is 2. The van der Waals surface area contributed by atoms with E-state index in [4.69, 9.17) is 0 Å². The molecular formula is C14H21NO6. The van der Waals surface area contributed by atoms with Gasteiger partial charge in [0.2, 0.25) is 5.78 Å². The number of rotatable bonds is 5. The summed E-state index contributed by atoms with van der Waals surface area (Å²) in [6.07, 6.45) is 0.572. The van der Waals surface area contributed by atoms with Crippen LogP contribution in [0.5, 0.6) is 0 Å². The first kappa shape index (κ1) is 17.1. The van der Waals surface area contributed by atoms with Crippen LogP contribution in [-0.2, 0) is 28.7 Å². The molecule has 0 aliphatic carbocycles. The molecule has 1 amide bonds. The minimum absolute atomic E-state index is 0.102. The molecule has 1 heterocycles. The van der Waals surface area contributed by atoms with Crippen LogP contribution in [0.1, 0.15) is 33.6 Å². The third kappa shape index (κ3) is 3.06. The highest BCUT2D eigenvalue weighted by atomic mass is 16.5. The Kier molecular flexibility index (Phi) is 5.09. The first-order valence-electron chi connectivity index (χ1n) is 6.74. The summed E-state index contributed by atoms with van der Waals surface area (Å²) in [6, 6.07) is -1.83. The smallest absolute Gasteiger partial charge is 0.328 e. The van der Waals surface area contributed by atoms with E-state index in [1.54, 1.807) is 20.8 Å². The monoisotopic (exact) mass is 299 g/mol. The predicted octanol–water partition coefficient (Wildman–Crippen LogP) is 0.307. The van der Waals surface area contributed by atoms with Crippen molar-refractivity contribution in [3.8, 4) is 0 Å². The van der Waals surface area contributed by atoms with Gasteiger partial charge in [0, 0.05) is 11.8 Å². The number of Topliss-reactive ketones (excluding diaryl/α,β-unsaturated/α-hetero) is 1. The molecule has 1 saturated heterocycles. The topological polar surface area (TPSA) is 90.0 Å². The Labute approximate surface area is 123 Å². The molecule has 7 heteroatoms. The second-order valence-corrected chi connectivity index (χ2v) is 5.59. The lowest BCUT2D eigenvalue weighted by Gasteiger charge is -2.45. The van der Waals surface area contributed by atoms with Crippen molar-refractivity contribution >= 4 is 23.6 Å². The SMILES string of the molecule is CCC(C)(C)C(=O)C(=O)N1[C@@H](C(=O)OC)C[C@@H]1C(=O)OC. The van der Waals surface area contributed by atoms with E-state index >= 15 is 0 Å². The summed E-state index contributed by atoms with van der Waals surface area (Å²) in [6.45, 7) is 5.08. The zero-order chi connectivity index (χ0) is 16.4. The summed E-state index contributed by atoms with van der Waals surface area (Å²) in [5, 5.41) is 0. The Morgan fingerprint density at radius 2 is 1.48 bits per heavy atom. The Morgan fingerprint density at radius 3 is 1.81 bits per heavy atom. The van der Waals surface area contributed by atoms with E-state index in [0.29, 0.717) is 6.42 Å². The van der Waals surface area contributed by atoms with Gasteiger partial charge in [0.25, 0.3) is 5.91 Å². The van der Waals surface area contributed by atoms with Gasteiger partial charge in [-0.05, 0) is 6.42 Å². The number of hydrogen-bond donors (Lipinski definition) is 0. The molecule has 0 aromatic heterocycles. The summed E-state index contributed by atoms with van der Waals surface area (Å²) < 4.78 is 9.18. The number of nitrogens with zero attached hydrogens (tertiary/aromatic N) is 1. The number of carbonyl (C=O) groups excluding carboxylic acids is 4. The molecule has 1 aliphatic heterocycles. The average Bonchev–Trinajstić information content (AvgIpc) is 2.44. The van der Waals surface area contributed by atoms with Crippen molar-refractivity contribution in [3.05, 3.63) is 0 Å². The van der Waals surface area contributed by atoms with Crippen molar-refractivity contribution in [1.82, 2.24) is 4.90 Å². The summed E-state index contributed by atoms with van der Waals surface area (Å²) in [7, 11) is 2.38. The van der Waals surface area contributed by atoms with E-state index < -0.39 is 41.1 Å². The lowest BCUT2D eigenvalue weighted by Crippen LogP contribution is -2.67. The molecule has 21 heavy (non-hydrogen) atoms. The van der Waals surface area contributed by atoms with Crippen LogP contribution in [-0.4, -0.2) is 54.8 Å². The zero-order valence-electron chi connectivity index (χ0n) is 13.0. The van der Waals surface area contributed by atoms with Gasteiger partial charge in [-0.1, -0.05) is 20.8 Å². The highest BCUT2D eigenvalue weighted by Gasteiger charge is 2.53. The van der Waals surface area contributed by atoms with E-state index in [1.807, 2.05) is 0 Å². The molecule has 0 spiro atoms. The van der Waals surface area contributed by atoms with Crippen LogP contribution in [0, 0.1) is 5.41 Å². The van der Waals surface area contributed by atoms with Gasteiger partial charge in [0.05, 0.1) is 14.2 Å². The van der Waals surface area contributed by atoms with Crippen LogP contribution in [0.2, 0.25) is 0 Å². The molecule has 1 rings (SSSR count). The normalized spacial score (nSPS) is 21.3. The number of ether oxygens (including phenoxy) is 2. The lowest BCUT2D eigenvalue weighted by molar-refractivity contribution is -0.177. The van der Waals surface area contributed by atoms with Crippen LogP contribution < -0.4 is 0 Å². The molecule has 0 bridgehead atoms. The van der Waals surface area contributed by atoms with Crippen molar-refractivity contribution in [2.45, 2.75) is 45.7 Å². The summed E-state index contributed by atoms with van der Waals surface area (Å²) in [5.41, 5.74) is -0.853. The molecule has 118 valence electrons. The second kappa shape index (κ2) is 6.24. The minimum atomic E-state index is -0.914. The highest BCUT2D eigenvalue weighted by molar-refractivity contribution is 6.38. The van der Waals surface area contributed by atoms with Crippen molar-refractivity contribution in [2.24, 2.45) is 5.41 Å². The molecule has 0 unspecified atom stereocenters. The van der Waals surface area contributed by atoms with Gasteiger partial charge in [0.15, 0.2) is 0 Å². The summed E-state index contributed by atoms with van der Waals surface area (Å²) in [4.78, 5) is 48.8. The first-order valence-corrected chi connectivity index (χ1v) is 6.74. The van der Waals surface area contributed by atoms with Crippen molar-refractivity contribution in [1.29, 1.82) is 0 Å².